The Morgan fingerprint density at radius 3 is 2.35 bits per heavy atom. The van der Waals surface area contributed by atoms with Crippen molar-refractivity contribution in [1.29, 1.82) is 0 Å². The van der Waals surface area contributed by atoms with Crippen LogP contribution in [0.15, 0.2) is 18.2 Å². The number of carbonyl (C=O) groups is 1. The first-order valence-corrected chi connectivity index (χ1v) is 6.14. The monoisotopic (exact) mass is 235 g/mol. The maximum Gasteiger partial charge on any atom is 0.257 e. The van der Waals surface area contributed by atoms with Crippen molar-refractivity contribution in [2.75, 3.05) is 20.2 Å². The largest absolute Gasteiger partial charge is 0.496 e. The molecule has 1 aromatic carbocycles. The summed E-state index contributed by atoms with van der Waals surface area (Å²) in [5, 5.41) is 0. The summed E-state index contributed by atoms with van der Waals surface area (Å²) >= 11 is 0. The van der Waals surface area contributed by atoms with Gasteiger partial charge in [-0.1, -0.05) is 13.0 Å². The standard InChI is InChI=1S/C14H21NO2/c1-5-11-8-9-12(13(10-11)17-4)14(16)15(6-2)7-3/h8-10H,5-7H2,1-4H3. The maximum atomic E-state index is 12.2. The number of amides is 1. The van der Waals surface area contributed by atoms with Crippen LogP contribution >= 0.6 is 0 Å². The molecule has 0 saturated heterocycles. The number of aryl methyl sites for hydroxylation is 1. The molecule has 0 spiro atoms. The molecule has 0 fully saturated rings. The van der Waals surface area contributed by atoms with Crippen LogP contribution in [0.3, 0.4) is 0 Å². The molecule has 0 atom stereocenters. The zero-order chi connectivity index (χ0) is 12.8. The van der Waals surface area contributed by atoms with E-state index in [0.29, 0.717) is 24.4 Å². The highest BCUT2D eigenvalue weighted by Gasteiger charge is 2.17. The molecule has 3 nitrogen and oxygen atoms in total. The van der Waals surface area contributed by atoms with Crippen molar-refractivity contribution < 1.29 is 9.53 Å². The van der Waals surface area contributed by atoms with E-state index in [1.807, 2.05) is 32.0 Å². The quantitative estimate of drug-likeness (QED) is 0.785. The molecule has 0 aliphatic rings. The number of hydrogen-bond donors (Lipinski definition) is 0. The van der Waals surface area contributed by atoms with Crippen molar-refractivity contribution >= 4 is 5.91 Å². The predicted octanol–water partition coefficient (Wildman–Crippen LogP) is 2.74. The van der Waals surface area contributed by atoms with Gasteiger partial charge in [0, 0.05) is 13.1 Å². The van der Waals surface area contributed by atoms with Gasteiger partial charge in [0.2, 0.25) is 0 Å². The lowest BCUT2D eigenvalue weighted by atomic mass is 10.1. The molecule has 0 unspecified atom stereocenters. The Hall–Kier alpha value is -1.51. The van der Waals surface area contributed by atoms with Crippen LogP contribution in [-0.2, 0) is 6.42 Å². The summed E-state index contributed by atoms with van der Waals surface area (Å²) < 4.78 is 5.30. The maximum absolute atomic E-state index is 12.2. The van der Waals surface area contributed by atoms with Gasteiger partial charge in [-0.3, -0.25) is 4.79 Å². The Kier molecular flexibility index (Phi) is 5.01. The summed E-state index contributed by atoms with van der Waals surface area (Å²) in [6, 6.07) is 5.79. The molecule has 3 heteroatoms. The lowest BCUT2D eigenvalue weighted by Crippen LogP contribution is -2.30. The van der Waals surface area contributed by atoms with Gasteiger partial charge in [-0.25, -0.2) is 0 Å². The average Bonchev–Trinajstić information content (AvgIpc) is 2.39. The normalized spacial score (nSPS) is 10.1. The van der Waals surface area contributed by atoms with Crippen LogP contribution < -0.4 is 4.74 Å². The molecule has 94 valence electrons. The lowest BCUT2D eigenvalue weighted by Gasteiger charge is -2.20. The third-order valence-electron chi connectivity index (χ3n) is 2.96. The van der Waals surface area contributed by atoms with Crippen LogP contribution in [0.25, 0.3) is 0 Å². The molecule has 17 heavy (non-hydrogen) atoms. The Balaban J connectivity index is 3.08. The Morgan fingerprint density at radius 1 is 1.24 bits per heavy atom. The molecule has 1 aromatic rings. The molecule has 1 amide bonds. The highest BCUT2D eigenvalue weighted by molar-refractivity contribution is 5.97. The highest BCUT2D eigenvalue weighted by atomic mass is 16.5. The van der Waals surface area contributed by atoms with Crippen LogP contribution in [0, 0.1) is 0 Å². The summed E-state index contributed by atoms with van der Waals surface area (Å²) in [6.07, 6.45) is 0.941. The van der Waals surface area contributed by atoms with Crippen molar-refractivity contribution in [1.82, 2.24) is 4.90 Å². The zero-order valence-corrected chi connectivity index (χ0v) is 11.1. The van der Waals surface area contributed by atoms with E-state index in [1.54, 1.807) is 12.0 Å². The van der Waals surface area contributed by atoms with Crippen molar-refractivity contribution in [2.24, 2.45) is 0 Å². The molecule has 0 bridgehead atoms. The van der Waals surface area contributed by atoms with Gasteiger partial charge in [-0.15, -0.1) is 0 Å². The minimum Gasteiger partial charge on any atom is -0.496 e. The van der Waals surface area contributed by atoms with Gasteiger partial charge in [0.15, 0.2) is 0 Å². The number of nitrogens with zero attached hydrogens (tertiary/aromatic N) is 1. The summed E-state index contributed by atoms with van der Waals surface area (Å²) in [7, 11) is 1.60. The number of benzene rings is 1. The van der Waals surface area contributed by atoms with Gasteiger partial charge < -0.3 is 9.64 Å². The minimum absolute atomic E-state index is 0.0366. The summed E-state index contributed by atoms with van der Waals surface area (Å²) in [5.41, 5.74) is 1.83. The molecular weight excluding hydrogens is 214 g/mol. The van der Waals surface area contributed by atoms with Crippen LogP contribution in [0.4, 0.5) is 0 Å². The Morgan fingerprint density at radius 2 is 1.88 bits per heavy atom. The first kappa shape index (κ1) is 13.6. The fourth-order valence-corrected chi connectivity index (χ4v) is 1.81. The number of carbonyl (C=O) groups excluding carboxylic acids is 1. The SMILES string of the molecule is CCc1ccc(C(=O)N(CC)CC)c(OC)c1. The second kappa shape index (κ2) is 6.28. The average molecular weight is 235 g/mol. The highest BCUT2D eigenvalue weighted by Crippen LogP contribution is 2.22. The molecule has 0 aliphatic carbocycles. The molecule has 0 N–H and O–H groups in total. The topological polar surface area (TPSA) is 29.5 Å². The second-order valence-corrected chi connectivity index (χ2v) is 3.87. The van der Waals surface area contributed by atoms with Crippen molar-refractivity contribution in [3.8, 4) is 5.75 Å². The zero-order valence-electron chi connectivity index (χ0n) is 11.1. The number of ether oxygens (including phenoxy) is 1. The smallest absolute Gasteiger partial charge is 0.257 e. The Bertz CT molecular complexity index is 384. The molecule has 0 saturated carbocycles. The number of methoxy groups -OCH3 is 1. The first-order chi connectivity index (χ1) is 8.17. The van der Waals surface area contributed by atoms with E-state index in [2.05, 4.69) is 6.92 Å². The number of rotatable bonds is 5. The van der Waals surface area contributed by atoms with E-state index in [4.69, 9.17) is 4.74 Å². The van der Waals surface area contributed by atoms with Crippen LogP contribution in [0.2, 0.25) is 0 Å². The van der Waals surface area contributed by atoms with Gasteiger partial charge in [0.05, 0.1) is 12.7 Å². The van der Waals surface area contributed by atoms with E-state index >= 15 is 0 Å². The van der Waals surface area contributed by atoms with Gasteiger partial charge >= 0.3 is 0 Å². The Labute approximate surface area is 103 Å². The van der Waals surface area contributed by atoms with Crippen molar-refractivity contribution in [3.05, 3.63) is 29.3 Å². The van der Waals surface area contributed by atoms with E-state index in [9.17, 15) is 4.79 Å². The molecule has 0 aromatic heterocycles. The fraction of sp³-hybridized carbons (Fsp3) is 0.500. The third kappa shape index (κ3) is 2.99. The summed E-state index contributed by atoms with van der Waals surface area (Å²) in [5.74, 6) is 0.704. The van der Waals surface area contributed by atoms with E-state index in [-0.39, 0.29) is 5.91 Å². The second-order valence-electron chi connectivity index (χ2n) is 3.87. The van der Waals surface area contributed by atoms with Crippen LogP contribution in [0.5, 0.6) is 5.75 Å². The first-order valence-electron chi connectivity index (χ1n) is 6.14. The van der Waals surface area contributed by atoms with Crippen LogP contribution in [-0.4, -0.2) is 31.0 Å². The lowest BCUT2D eigenvalue weighted by molar-refractivity contribution is 0.0769. The molecule has 0 heterocycles. The van der Waals surface area contributed by atoms with Crippen LogP contribution in [0.1, 0.15) is 36.7 Å². The summed E-state index contributed by atoms with van der Waals surface area (Å²) in [6.45, 7) is 7.48. The molecule has 0 radical (unpaired) electrons. The predicted molar refractivity (Wildman–Crippen MR) is 69.6 cm³/mol. The van der Waals surface area contributed by atoms with Gasteiger partial charge in [-0.05, 0) is 38.0 Å². The fourth-order valence-electron chi connectivity index (χ4n) is 1.81. The van der Waals surface area contributed by atoms with Gasteiger partial charge in [0.25, 0.3) is 5.91 Å². The number of hydrogen-bond acceptors (Lipinski definition) is 2. The van der Waals surface area contributed by atoms with Crippen molar-refractivity contribution in [2.45, 2.75) is 27.2 Å². The summed E-state index contributed by atoms with van der Waals surface area (Å²) in [4.78, 5) is 14.0. The van der Waals surface area contributed by atoms with Gasteiger partial charge in [-0.2, -0.15) is 0 Å². The molecule has 0 aliphatic heterocycles. The third-order valence-corrected chi connectivity index (χ3v) is 2.96. The van der Waals surface area contributed by atoms with E-state index in [0.717, 1.165) is 6.42 Å². The minimum atomic E-state index is 0.0366. The van der Waals surface area contributed by atoms with E-state index in [1.165, 1.54) is 5.56 Å². The van der Waals surface area contributed by atoms with Gasteiger partial charge in [0.1, 0.15) is 5.75 Å². The van der Waals surface area contributed by atoms with E-state index < -0.39 is 0 Å². The molecule has 1 rings (SSSR count). The molecular formula is C14H21NO2. The van der Waals surface area contributed by atoms with Crippen molar-refractivity contribution in [3.63, 3.8) is 0 Å².